The van der Waals surface area contributed by atoms with Gasteiger partial charge in [0, 0.05) is 17.8 Å². The van der Waals surface area contributed by atoms with Crippen LogP contribution in [0.4, 0.5) is 11.4 Å². The van der Waals surface area contributed by atoms with E-state index in [1.54, 1.807) is 36.4 Å². The molecule has 0 bridgehead atoms. The number of nitriles is 1. The Morgan fingerprint density at radius 1 is 0.966 bits per heavy atom. The highest BCUT2D eigenvalue weighted by molar-refractivity contribution is 6.03. The summed E-state index contributed by atoms with van der Waals surface area (Å²) in [4.78, 5) is 25.0. The van der Waals surface area contributed by atoms with Gasteiger partial charge in [0.25, 0.3) is 0 Å². The first-order valence-electron chi connectivity index (χ1n) is 8.93. The molecule has 0 radical (unpaired) electrons. The van der Waals surface area contributed by atoms with Gasteiger partial charge in [0.15, 0.2) is 11.5 Å². The molecule has 2 aromatic rings. The van der Waals surface area contributed by atoms with Gasteiger partial charge in [-0.2, -0.15) is 5.26 Å². The molecule has 8 nitrogen and oxygen atoms in total. The van der Waals surface area contributed by atoms with Crippen molar-refractivity contribution in [1.29, 1.82) is 5.26 Å². The van der Waals surface area contributed by atoms with Crippen LogP contribution in [-0.4, -0.2) is 33.1 Å². The van der Waals surface area contributed by atoms with E-state index in [2.05, 4.69) is 10.6 Å². The molecule has 2 unspecified atom stereocenters. The second kappa shape index (κ2) is 8.52. The first-order chi connectivity index (χ1) is 14.0. The zero-order valence-corrected chi connectivity index (χ0v) is 16.3. The molecule has 2 aromatic carbocycles. The molecule has 2 N–H and O–H groups in total. The van der Waals surface area contributed by atoms with E-state index >= 15 is 0 Å². The third-order valence-corrected chi connectivity index (χ3v) is 4.70. The number of nitrogens with zero attached hydrogens (tertiary/aromatic N) is 1. The molecule has 2 atom stereocenters. The van der Waals surface area contributed by atoms with Crippen LogP contribution in [0.2, 0.25) is 0 Å². The van der Waals surface area contributed by atoms with E-state index < -0.39 is 11.8 Å². The Kier molecular flexibility index (Phi) is 5.88. The molecule has 0 heterocycles. The lowest BCUT2D eigenvalue weighted by Gasteiger charge is -2.14. The predicted octanol–water partition coefficient (Wildman–Crippen LogP) is 2.80. The lowest BCUT2D eigenvalue weighted by Crippen LogP contribution is -2.21. The topological polar surface area (TPSA) is 110 Å². The first-order valence-corrected chi connectivity index (χ1v) is 8.93. The lowest BCUT2D eigenvalue weighted by molar-refractivity contribution is -0.122. The van der Waals surface area contributed by atoms with Crippen molar-refractivity contribution >= 4 is 23.2 Å². The van der Waals surface area contributed by atoms with Gasteiger partial charge in [-0.1, -0.05) is 12.1 Å². The second-order valence-electron chi connectivity index (χ2n) is 6.50. The number of methoxy groups -OCH3 is 3. The van der Waals surface area contributed by atoms with Crippen molar-refractivity contribution in [2.75, 3.05) is 32.0 Å². The summed E-state index contributed by atoms with van der Waals surface area (Å²) in [6.45, 7) is 0. The number of para-hydroxylation sites is 1. The average Bonchev–Trinajstić information content (AvgIpc) is 3.54. The number of amides is 2. The van der Waals surface area contributed by atoms with Crippen molar-refractivity contribution in [3.8, 4) is 23.3 Å². The first kappa shape index (κ1) is 20.0. The Morgan fingerprint density at radius 3 is 2.10 bits per heavy atom. The largest absolute Gasteiger partial charge is 0.493 e. The van der Waals surface area contributed by atoms with Crippen LogP contribution in [0.5, 0.6) is 17.2 Å². The molecule has 150 valence electrons. The van der Waals surface area contributed by atoms with E-state index in [1.807, 2.05) is 6.07 Å². The number of nitrogens with one attached hydrogen (secondary N) is 2. The number of carbonyl (C=O) groups is 2. The van der Waals surface area contributed by atoms with Crippen molar-refractivity contribution in [2.24, 2.45) is 11.8 Å². The lowest BCUT2D eigenvalue weighted by atomic mass is 10.2. The van der Waals surface area contributed by atoms with E-state index in [1.165, 1.54) is 21.3 Å². The minimum Gasteiger partial charge on any atom is -0.493 e. The summed E-state index contributed by atoms with van der Waals surface area (Å²) < 4.78 is 15.8. The summed E-state index contributed by atoms with van der Waals surface area (Å²) in [5, 5.41) is 14.6. The molecule has 8 heteroatoms. The van der Waals surface area contributed by atoms with Crippen molar-refractivity contribution in [3.05, 3.63) is 42.0 Å². The van der Waals surface area contributed by atoms with E-state index in [0.717, 1.165) is 0 Å². The van der Waals surface area contributed by atoms with E-state index in [4.69, 9.17) is 19.5 Å². The Morgan fingerprint density at radius 2 is 1.55 bits per heavy atom. The van der Waals surface area contributed by atoms with E-state index in [-0.39, 0.29) is 11.8 Å². The molecule has 2 amide bonds. The zero-order chi connectivity index (χ0) is 21.0. The predicted molar refractivity (Wildman–Crippen MR) is 106 cm³/mol. The van der Waals surface area contributed by atoms with Crippen molar-refractivity contribution in [3.63, 3.8) is 0 Å². The Hall–Kier alpha value is -3.73. The van der Waals surface area contributed by atoms with Gasteiger partial charge < -0.3 is 24.8 Å². The molecule has 1 aliphatic carbocycles. The van der Waals surface area contributed by atoms with Crippen LogP contribution in [0.3, 0.4) is 0 Å². The molecule has 1 saturated carbocycles. The van der Waals surface area contributed by atoms with E-state index in [9.17, 15) is 9.59 Å². The van der Waals surface area contributed by atoms with Gasteiger partial charge in [0.05, 0.1) is 44.4 Å². The fraction of sp³-hybridized carbons (Fsp3) is 0.286. The van der Waals surface area contributed by atoms with Crippen LogP contribution >= 0.6 is 0 Å². The molecule has 0 spiro atoms. The van der Waals surface area contributed by atoms with Gasteiger partial charge in [-0.15, -0.1) is 0 Å². The van der Waals surface area contributed by atoms with Crippen LogP contribution in [0.1, 0.15) is 12.0 Å². The van der Waals surface area contributed by atoms with Gasteiger partial charge >= 0.3 is 0 Å². The minimum atomic E-state index is -0.441. The third kappa shape index (κ3) is 4.24. The van der Waals surface area contributed by atoms with Gasteiger partial charge in [0.2, 0.25) is 17.6 Å². The Balaban J connectivity index is 1.66. The average molecular weight is 395 g/mol. The highest BCUT2D eigenvalue weighted by Crippen LogP contribution is 2.43. The molecule has 29 heavy (non-hydrogen) atoms. The van der Waals surface area contributed by atoms with Crippen LogP contribution < -0.4 is 24.8 Å². The molecule has 3 rings (SSSR count). The fourth-order valence-electron chi connectivity index (χ4n) is 3.08. The maximum atomic E-state index is 12.6. The standard InChI is InChI=1S/C21H21N3O5/c1-27-17-8-13(9-18(28-2)19(17)29-3)23-20(25)14-10-15(14)21(26)24-16-7-5-4-6-12(16)11-22/h4-9,14-15H,10H2,1-3H3,(H,23,25)(H,24,26). The molecule has 0 saturated heterocycles. The number of anilines is 2. The van der Waals surface area contributed by atoms with Gasteiger partial charge in [-0.3, -0.25) is 9.59 Å². The number of hydrogen-bond donors (Lipinski definition) is 2. The van der Waals surface area contributed by atoms with Crippen molar-refractivity contribution in [2.45, 2.75) is 6.42 Å². The highest BCUT2D eigenvalue weighted by atomic mass is 16.5. The quantitative estimate of drug-likeness (QED) is 0.746. The van der Waals surface area contributed by atoms with Crippen LogP contribution in [0, 0.1) is 23.2 Å². The van der Waals surface area contributed by atoms with Gasteiger partial charge in [0.1, 0.15) is 6.07 Å². The molecular weight excluding hydrogens is 374 g/mol. The van der Waals surface area contributed by atoms with Crippen LogP contribution in [0.25, 0.3) is 0 Å². The normalized spacial score (nSPS) is 16.9. The van der Waals surface area contributed by atoms with Crippen molar-refractivity contribution in [1.82, 2.24) is 0 Å². The molecule has 0 aromatic heterocycles. The smallest absolute Gasteiger partial charge is 0.228 e. The summed E-state index contributed by atoms with van der Waals surface area (Å²) in [6, 6.07) is 12.0. The molecule has 1 fully saturated rings. The van der Waals surface area contributed by atoms with Crippen molar-refractivity contribution < 1.29 is 23.8 Å². The molecule has 0 aliphatic heterocycles. The SMILES string of the molecule is COc1cc(NC(=O)C2CC2C(=O)Nc2ccccc2C#N)cc(OC)c1OC. The Bertz CT molecular complexity index is 958. The summed E-state index contributed by atoms with van der Waals surface area (Å²) in [5.41, 5.74) is 1.29. The number of hydrogen-bond acceptors (Lipinski definition) is 6. The fourth-order valence-corrected chi connectivity index (χ4v) is 3.08. The summed E-state index contributed by atoms with van der Waals surface area (Å²) >= 11 is 0. The third-order valence-electron chi connectivity index (χ3n) is 4.70. The number of rotatable bonds is 7. The second-order valence-corrected chi connectivity index (χ2v) is 6.50. The number of ether oxygens (including phenoxy) is 3. The number of benzene rings is 2. The molecule has 1 aliphatic rings. The monoisotopic (exact) mass is 395 g/mol. The summed E-state index contributed by atoms with van der Waals surface area (Å²) in [7, 11) is 4.48. The maximum absolute atomic E-state index is 12.6. The Labute approximate surface area is 168 Å². The minimum absolute atomic E-state index is 0.270. The number of carbonyl (C=O) groups excluding carboxylic acids is 2. The summed E-state index contributed by atoms with van der Waals surface area (Å²) in [5.74, 6) is -0.175. The maximum Gasteiger partial charge on any atom is 0.228 e. The van der Waals surface area contributed by atoms with Gasteiger partial charge in [-0.25, -0.2) is 0 Å². The van der Waals surface area contributed by atoms with Gasteiger partial charge in [-0.05, 0) is 18.6 Å². The van der Waals surface area contributed by atoms with E-state index in [0.29, 0.717) is 40.6 Å². The van der Waals surface area contributed by atoms with Crippen LogP contribution in [0.15, 0.2) is 36.4 Å². The summed E-state index contributed by atoms with van der Waals surface area (Å²) in [6.07, 6.45) is 0.441. The highest BCUT2D eigenvalue weighted by Gasteiger charge is 2.48. The zero-order valence-electron chi connectivity index (χ0n) is 16.3. The molecular formula is C21H21N3O5. The van der Waals surface area contributed by atoms with Crippen LogP contribution in [-0.2, 0) is 9.59 Å².